The second-order valence-corrected chi connectivity index (χ2v) is 10.7. The van der Waals surface area contributed by atoms with Crippen molar-refractivity contribution in [3.8, 4) is 11.1 Å². The van der Waals surface area contributed by atoms with Crippen LogP contribution in [0.15, 0.2) is 55.0 Å². The first kappa shape index (κ1) is 27.9. The fraction of sp³-hybridized carbons (Fsp3) is 0.448. The number of carbonyl (C=O) groups is 1. The van der Waals surface area contributed by atoms with Gasteiger partial charge in [-0.15, -0.1) is 0 Å². The van der Waals surface area contributed by atoms with Crippen molar-refractivity contribution in [2.45, 2.75) is 44.5 Å². The Morgan fingerprint density at radius 1 is 1.10 bits per heavy atom. The molecule has 0 bridgehead atoms. The third kappa shape index (κ3) is 6.92. The topological polar surface area (TPSA) is 144 Å². The van der Waals surface area contributed by atoms with Gasteiger partial charge in [-0.1, -0.05) is 12.1 Å². The van der Waals surface area contributed by atoms with Crippen LogP contribution in [0.25, 0.3) is 11.1 Å². The molecule has 2 aliphatic rings. The van der Waals surface area contributed by atoms with Gasteiger partial charge in [-0.25, -0.2) is 15.0 Å². The van der Waals surface area contributed by atoms with Crippen LogP contribution in [0, 0.1) is 0 Å². The number of nitrogens with one attached hydrogen (secondary N) is 1. The van der Waals surface area contributed by atoms with E-state index >= 15 is 0 Å². The Hall–Kier alpha value is -3.64. The van der Waals surface area contributed by atoms with Crippen LogP contribution in [0.2, 0.25) is 0 Å². The van der Waals surface area contributed by atoms with Gasteiger partial charge in [-0.2, -0.15) is 0 Å². The van der Waals surface area contributed by atoms with E-state index in [2.05, 4.69) is 44.2 Å². The van der Waals surface area contributed by atoms with E-state index in [0.717, 1.165) is 55.2 Å². The monoisotopic (exact) mass is 546 g/mol. The first-order valence-electron chi connectivity index (χ1n) is 13.9. The van der Waals surface area contributed by atoms with Crippen LogP contribution in [-0.2, 0) is 11.3 Å². The quantitative estimate of drug-likeness (QED) is 0.297. The summed E-state index contributed by atoms with van der Waals surface area (Å²) in [6.07, 6.45) is 6.48. The maximum Gasteiger partial charge on any atom is 0.317 e. The Kier molecular flexibility index (Phi) is 8.85. The highest BCUT2D eigenvalue weighted by Gasteiger charge is 2.32. The van der Waals surface area contributed by atoms with Gasteiger partial charge in [0.2, 0.25) is 5.95 Å². The number of pyridine rings is 1. The minimum atomic E-state index is -0.777. The molecule has 3 aromatic rings. The molecule has 0 radical (unpaired) electrons. The van der Waals surface area contributed by atoms with E-state index in [1.807, 2.05) is 46.5 Å². The zero-order chi connectivity index (χ0) is 28.1. The molecule has 0 amide bonds. The van der Waals surface area contributed by atoms with Crippen molar-refractivity contribution in [2.75, 3.05) is 49.5 Å². The number of hydrogen-bond acceptors (Lipinski definition) is 10. The standard InChI is InChI=1S/C29H38N8O3/c1-20-16-35(19-28(39)40)9-10-36(20)17-21-3-2-4-24(11-21)34-27-12-22(6-8-31-27)23-14-32-29(33-15-23)37-18-26(38)13-25(37)5-7-30/h2-4,6,8,11-12,14-15,20,25-26,38H,5,7,9-10,13,16-19,30H2,1H3,(H,31,34)(H,39,40). The van der Waals surface area contributed by atoms with Gasteiger partial charge < -0.3 is 26.2 Å². The van der Waals surface area contributed by atoms with Gasteiger partial charge in [0.25, 0.3) is 0 Å². The van der Waals surface area contributed by atoms with E-state index in [1.54, 1.807) is 6.20 Å². The summed E-state index contributed by atoms with van der Waals surface area (Å²) in [4.78, 5) is 31.2. The van der Waals surface area contributed by atoms with Crippen LogP contribution >= 0.6 is 0 Å². The van der Waals surface area contributed by atoms with Crippen molar-refractivity contribution >= 4 is 23.4 Å². The second kappa shape index (κ2) is 12.7. The highest BCUT2D eigenvalue weighted by atomic mass is 16.4. The van der Waals surface area contributed by atoms with Gasteiger partial charge in [0.15, 0.2) is 0 Å². The molecular weight excluding hydrogens is 508 g/mol. The number of aliphatic hydroxyl groups excluding tert-OH is 1. The molecule has 5 N–H and O–H groups in total. The molecule has 2 aromatic heterocycles. The summed E-state index contributed by atoms with van der Waals surface area (Å²) in [6.45, 7) is 6.47. The van der Waals surface area contributed by atoms with Crippen LogP contribution in [0.5, 0.6) is 0 Å². The van der Waals surface area contributed by atoms with Crippen molar-refractivity contribution < 1.29 is 15.0 Å². The molecule has 5 rings (SSSR count). The summed E-state index contributed by atoms with van der Waals surface area (Å²) in [5, 5.41) is 22.6. The summed E-state index contributed by atoms with van der Waals surface area (Å²) in [5.74, 6) is 0.557. The number of piperazine rings is 1. The molecule has 11 heteroatoms. The Labute approximate surface area is 234 Å². The lowest BCUT2D eigenvalue weighted by Crippen LogP contribution is -2.52. The van der Waals surface area contributed by atoms with Crippen LogP contribution < -0.4 is 16.0 Å². The normalized spacial score (nSPS) is 22.0. The maximum atomic E-state index is 11.1. The zero-order valence-corrected chi connectivity index (χ0v) is 22.9. The van der Waals surface area contributed by atoms with E-state index in [0.29, 0.717) is 25.5 Å². The Bertz CT molecular complexity index is 1290. The first-order chi connectivity index (χ1) is 19.4. The third-order valence-electron chi connectivity index (χ3n) is 7.67. The lowest BCUT2D eigenvalue weighted by molar-refractivity contribution is -0.139. The minimum absolute atomic E-state index is 0.0950. The predicted octanol–water partition coefficient (Wildman–Crippen LogP) is 2.16. The smallest absolute Gasteiger partial charge is 0.317 e. The van der Waals surface area contributed by atoms with Crippen LogP contribution in [0.4, 0.5) is 17.5 Å². The summed E-state index contributed by atoms with van der Waals surface area (Å²) >= 11 is 0. The van der Waals surface area contributed by atoms with Crippen LogP contribution in [0.1, 0.15) is 25.3 Å². The fourth-order valence-corrected chi connectivity index (χ4v) is 5.67. The number of benzene rings is 1. The largest absolute Gasteiger partial charge is 0.480 e. The van der Waals surface area contributed by atoms with Gasteiger partial charge in [0.1, 0.15) is 5.82 Å². The van der Waals surface area contributed by atoms with Crippen molar-refractivity contribution in [3.05, 3.63) is 60.6 Å². The molecule has 2 aliphatic heterocycles. The number of carboxylic acids is 1. The molecule has 0 saturated carbocycles. The molecule has 2 fully saturated rings. The summed E-state index contributed by atoms with van der Waals surface area (Å²) in [5.41, 5.74) is 9.72. The molecular formula is C29H38N8O3. The van der Waals surface area contributed by atoms with Gasteiger partial charge in [0.05, 0.1) is 12.6 Å². The van der Waals surface area contributed by atoms with Crippen LogP contribution in [-0.4, -0.2) is 98.4 Å². The number of carboxylic acid groups (broad SMARTS) is 1. The van der Waals surface area contributed by atoms with E-state index in [9.17, 15) is 9.90 Å². The molecule has 40 heavy (non-hydrogen) atoms. The van der Waals surface area contributed by atoms with E-state index < -0.39 is 5.97 Å². The molecule has 4 heterocycles. The highest BCUT2D eigenvalue weighted by molar-refractivity contribution is 5.69. The Morgan fingerprint density at radius 2 is 1.93 bits per heavy atom. The van der Waals surface area contributed by atoms with Gasteiger partial charge in [-0.3, -0.25) is 14.6 Å². The molecule has 11 nitrogen and oxygen atoms in total. The number of anilines is 3. The van der Waals surface area contributed by atoms with Crippen molar-refractivity contribution in [1.82, 2.24) is 24.8 Å². The number of aliphatic carboxylic acids is 1. The Morgan fingerprint density at radius 3 is 2.67 bits per heavy atom. The lowest BCUT2D eigenvalue weighted by Gasteiger charge is -2.39. The number of aromatic nitrogens is 3. The van der Waals surface area contributed by atoms with Crippen molar-refractivity contribution in [3.63, 3.8) is 0 Å². The van der Waals surface area contributed by atoms with Gasteiger partial charge in [0, 0.05) is 74.6 Å². The fourth-order valence-electron chi connectivity index (χ4n) is 5.67. The highest BCUT2D eigenvalue weighted by Crippen LogP contribution is 2.27. The molecule has 2 saturated heterocycles. The maximum absolute atomic E-state index is 11.1. The molecule has 3 atom stereocenters. The summed E-state index contributed by atoms with van der Waals surface area (Å²) < 4.78 is 0. The Balaban J connectivity index is 1.22. The third-order valence-corrected chi connectivity index (χ3v) is 7.67. The molecule has 1 aromatic carbocycles. The number of rotatable bonds is 10. The SMILES string of the molecule is CC1CN(CC(=O)O)CCN1Cc1cccc(Nc2cc(-c3cnc(N4CC(O)CC4CCN)nc3)ccn2)c1. The number of β-amino-alcohol motifs (C(OH)–C–C–N with tert-alkyl or cyclic N) is 1. The summed E-state index contributed by atoms with van der Waals surface area (Å²) in [6, 6.07) is 12.6. The molecule has 212 valence electrons. The van der Waals surface area contributed by atoms with E-state index in [4.69, 9.17) is 10.8 Å². The zero-order valence-electron chi connectivity index (χ0n) is 22.9. The lowest BCUT2D eigenvalue weighted by atomic mass is 10.1. The molecule has 3 unspecified atom stereocenters. The number of nitrogens with zero attached hydrogens (tertiary/aromatic N) is 6. The molecule has 0 aliphatic carbocycles. The van der Waals surface area contributed by atoms with Gasteiger partial charge >= 0.3 is 5.97 Å². The number of aliphatic hydroxyl groups is 1. The second-order valence-electron chi connectivity index (χ2n) is 10.7. The molecule has 0 spiro atoms. The first-order valence-corrected chi connectivity index (χ1v) is 13.9. The van der Waals surface area contributed by atoms with E-state index in [1.165, 1.54) is 5.56 Å². The average Bonchev–Trinajstić information content (AvgIpc) is 3.30. The predicted molar refractivity (Wildman–Crippen MR) is 154 cm³/mol. The van der Waals surface area contributed by atoms with Crippen molar-refractivity contribution in [2.24, 2.45) is 5.73 Å². The van der Waals surface area contributed by atoms with Crippen molar-refractivity contribution in [1.29, 1.82) is 0 Å². The van der Waals surface area contributed by atoms with Gasteiger partial charge in [-0.05, 0) is 61.7 Å². The van der Waals surface area contributed by atoms with E-state index in [-0.39, 0.29) is 24.7 Å². The average molecular weight is 547 g/mol. The number of hydrogen-bond donors (Lipinski definition) is 4. The van der Waals surface area contributed by atoms with Crippen LogP contribution in [0.3, 0.4) is 0 Å². The minimum Gasteiger partial charge on any atom is -0.480 e. The number of nitrogens with two attached hydrogens (primary N) is 1. The summed E-state index contributed by atoms with van der Waals surface area (Å²) in [7, 11) is 0.